The zero-order valence-corrected chi connectivity index (χ0v) is 17.2. The molecule has 0 bridgehead atoms. The molecule has 2 unspecified atom stereocenters. The summed E-state index contributed by atoms with van der Waals surface area (Å²) in [4.78, 5) is 47.5. The van der Waals surface area contributed by atoms with Crippen LogP contribution in [0.15, 0.2) is 35.7 Å². The molecule has 0 aliphatic rings. The van der Waals surface area contributed by atoms with Crippen molar-refractivity contribution in [2.24, 2.45) is 5.73 Å². The van der Waals surface area contributed by atoms with E-state index in [1.807, 2.05) is 31.2 Å². The van der Waals surface area contributed by atoms with Crippen molar-refractivity contribution in [3.8, 4) is 0 Å². The molecule has 0 aliphatic carbocycles. The fourth-order valence-corrected chi connectivity index (χ4v) is 3.37. The van der Waals surface area contributed by atoms with Crippen LogP contribution in [0.3, 0.4) is 0 Å². The van der Waals surface area contributed by atoms with Crippen LogP contribution in [0.1, 0.15) is 47.8 Å². The number of benzene rings is 1. The van der Waals surface area contributed by atoms with Crippen LogP contribution in [-0.2, 0) is 19.1 Å². The minimum absolute atomic E-state index is 0.133. The zero-order chi connectivity index (χ0) is 21.6. The summed E-state index contributed by atoms with van der Waals surface area (Å²) in [7, 11) is 0. The average molecular weight is 417 g/mol. The highest BCUT2D eigenvalue weighted by Gasteiger charge is 2.23. The van der Waals surface area contributed by atoms with Gasteiger partial charge in [0.25, 0.3) is 11.8 Å². The third kappa shape index (κ3) is 6.42. The smallest absolute Gasteiger partial charge is 0.309 e. The second-order valence-electron chi connectivity index (χ2n) is 6.52. The average Bonchev–Trinajstić information content (AvgIpc) is 3.09. The van der Waals surface area contributed by atoms with Crippen LogP contribution in [0.2, 0.25) is 0 Å². The van der Waals surface area contributed by atoms with Crippen molar-refractivity contribution in [1.82, 2.24) is 5.32 Å². The van der Waals surface area contributed by atoms with Crippen molar-refractivity contribution in [2.45, 2.75) is 39.3 Å². The van der Waals surface area contributed by atoms with E-state index < -0.39 is 29.9 Å². The van der Waals surface area contributed by atoms with Gasteiger partial charge in [-0.15, -0.1) is 11.3 Å². The lowest BCUT2D eigenvalue weighted by Crippen LogP contribution is -2.33. The van der Waals surface area contributed by atoms with Crippen molar-refractivity contribution in [1.29, 1.82) is 0 Å². The van der Waals surface area contributed by atoms with Gasteiger partial charge in [-0.1, -0.05) is 29.8 Å². The maximum absolute atomic E-state index is 12.3. The van der Waals surface area contributed by atoms with Crippen LogP contribution < -0.4 is 16.4 Å². The molecule has 0 radical (unpaired) electrons. The van der Waals surface area contributed by atoms with Crippen molar-refractivity contribution < 1.29 is 23.9 Å². The van der Waals surface area contributed by atoms with Gasteiger partial charge >= 0.3 is 5.97 Å². The Kier molecular flexibility index (Phi) is 7.49. The Labute approximate surface area is 172 Å². The van der Waals surface area contributed by atoms with Crippen LogP contribution in [0.25, 0.3) is 0 Å². The molecule has 0 spiro atoms. The van der Waals surface area contributed by atoms with Crippen LogP contribution in [0.4, 0.5) is 5.00 Å². The van der Waals surface area contributed by atoms with E-state index in [0.717, 1.165) is 22.5 Å². The van der Waals surface area contributed by atoms with Gasteiger partial charge < -0.3 is 21.1 Å². The Morgan fingerprint density at radius 1 is 1.14 bits per heavy atom. The van der Waals surface area contributed by atoms with Crippen LogP contribution in [-0.4, -0.2) is 29.8 Å². The van der Waals surface area contributed by atoms with Gasteiger partial charge in [0.15, 0.2) is 6.10 Å². The molecule has 29 heavy (non-hydrogen) atoms. The second-order valence-corrected chi connectivity index (χ2v) is 7.43. The number of nitrogens with one attached hydrogen (secondary N) is 2. The normalized spacial score (nSPS) is 12.5. The molecule has 1 aromatic carbocycles. The van der Waals surface area contributed by atoms with Gasteiger partial charge in [0.2, 0.25) is 5.91 Å². The lowest BCUT2D eigenvalue weighted by Gasteiger charge is -2.19. The molecule has 0 aliphatic heterocycles. The number of hydrogen-bond acceptors (Lipinski definition) is 6. The molecular formula is C20H23N3O5S. The Morgan fingerprint density at radius 3 is 2.38 bits per heavy atom. The van der Waals surface area contributed by atoms with Crippen molar-refractivity contribution >= 4 is 40.0 Å². The summed E-state index contributed by atoms with van der Waals surface area (Å²) in [6.45, 7) is 4.72. The maximum atomic E-state index is 12.3. The number of carbonyl (C=O) groups excluding carboxylic acids is 4. The summed E-state index contributed by atoms with van der Waals surface area (Å²) in [5, 5.41) is 7.16. The number of aryl methyl sites for hydroxylation is 1. The van der Waals surface area contributed by atoms with E-state index >= 15 is 0 Å². The SMILES string of the molecule is CC(=O)NC(CC(=O)OC(C)C(=O)Nc1sccc1C(N)=O)c1ccc(C)cc1. The second kappa shape index (κ2) is 9.83. The summed E-state index contributed by atoms with van der Waals surface area (Å²) in [6, 6.07) is 8.32. The molecule has 0 saturated heterocycles. The summed E-state index contributed by atoms with van der Waals surface area (Å²) in [5.74, 6) is -2.18. The van der Waals surface area contributed by atoms with E-state index in [1.54, 1.807) is 5.38 Å². The van der Waals surface area contributed by atoms with Gasteiger partial charge in [0.1, 0.15) is 5.00 Å². The highest BCUT2D eigenvalue weighted by Crippen LogP contribution is 2.23. The van der Waals surface area contributed by atoms with Gasteiger partial charge in [-0.3, -0.25) is 19.2 Å². The summed E-state index contributed by atoms with van der Waals surface area (Å²) < 4.78 is 5.20. The molecule has 9 heteroatoms. The van der Waals surface area contributed by atoms with Crippen LogP contribution in [0.5, 0.6) is 0 Å². The molecule has 2 rings (SSSR count). The van der Waals surface area contributed by atoms with E-state index in [0.29, 0.717) is 5.00 Å². The lowest BCUT2D eigenvalue weighted by atomic mass is 10.0. The van der Waals surface area contributed by atoms with Gasteiger partial charge in [0.05, 0.1) is 18.0 Å². The van der Waals surface area contributed by atoms with Crippen molar-refractivity contribution in [3.63, 3.8) is 0 Å². The standard InChI is InChI=1S/C20H23N3O5S/c1-11-4-6-14(7-5-11)16(22-13(3)24)10-17(25)28-12(2)19(27)23-20-15(18(21)26)8-9-29-20/h4-9,12,16H,10H2,1-3H3,(H2,21,26)(H,22,24)(H,23,27). The minimum Gasteiger partial charge on any atom is -0.452 e. The molecule has 1 heterocycles. The monoisotopic (exact) mass is 417 g/mol. The largest absolute Gasteiger partial charge is 0.452 e. The molecule has 4 N–H and O–H groups in total. The molecule has 2 aromatic rings. The van der Waals surface area contributed by atoms with Crippen LogP contribution in [0, 0.1) is 6.92 Å². The first kappa shape index (κ1) is 22.1. The van der Waals surface area contributed by atoms with Gasteiger partial charge in [-0.25, -0.2) is 0 Å². The first-order valence-electron chi connectivity index (χ1n) is 8.88. The Bertz CT molecular complexity index is 907. The molecule has 8 nitrogen and oxygen atoms in total. The number of anilines is 1. The number of hydrogen-bond donors (Lipinski definition) is 3. The number of primary amides is 1. The number of nitrogens with two attached hydrogens (primary N) is 1. The predicted molar refractivity (Wildman–Crippen MR) is 109 cm³/mol. The van der Waals surface area contributed by atoms with E-state index in [-0.39, 0.29) is 17.9 Å². The Balaban J connectivity index is 2.00. The number of esters is 1. The van der Waals surface area contributed by atoms with Crippen molar-refractivity contribution in [3.05, 3.63) is 52.4 Å². The molecule has 3 amide bonds. The molecule has 2 atom stereocenters. The van der Waals surface area contributed by atoms with E-state index in [1.165, 1.54) is 19.9 Å². The number of amides is 3. The summed E-state index contributed by atoms with van der Waals surface area (Å²) in [5.41, 5.74) is 7.24. The summed E-state index contributed by atoms with van der Waals surface area (Å²) in [6.07, 6.45) is -1.23. The van der Waals surface area contributed by atoms with Gasteiger partial charge in [-0.05, 0) is 30.9 Å². The van der Waals surface area contributed by atoms with E-state index in [4.69, 9.17) is 10.5 Å². The maximum Gasteiger partial charge on any atom is 0.309 e. The molecular weight excluding hydrogens is 394 g/mol. The van der Waals surface area contributed by atoms with Gasteiger partial charge in [0, 0.05) is 6.92 Å². The lowest BCUT2D eigenvalue weighted by molar-refractivity contribution is -0.153. The highest BCUT2D eigenvalue weighted by atomic mass is 32.1. The number of carbonyl (C=O) groups is 4. The number of thiophene rings is 1. The van der Waals surface area contributed by atoms with E-state index in [2.05, 4.69) is 10.6 Å². The molecule has 0 saturated carbocycles. The first-order valence-corrected chi connectivity index (χ1v) is 9.76. The topological polar surface area (TPSA) is 128 Å². The fourth-order valence-electron chi connectivity index (χ4n) is 2.58. The van der Waals surface area contributed by atoms with E-state index in [9.17, 15) is 19.2 Å². The molecule has 0 fully saturated rings. The van der Waals surface area contributed by atoms with Crippen LogP contribution >= 0.6 is 11.3 Å². The Hall–Kier alpha value is -3.20. The fraction of sp³-hybridized carbons (Fsp3) is 0.300. The van der Waals surface area contributed by atoms with Crippen molar-refractivity contribution in [2.75, 3.05) is 5.32 Å². The van der Waals surface area contributed by atoms with Gasteiger partial charge in [-0.2, -0.15) is 0 Å². The highest BCUT2D eigenvalue weighted by molar-refractivity contribution is 7.14. The third-order valence-electron chi connectivity index (χ3n) is 4.07. The number of ether oxygens (including phenoxy) is 1. The predicted octanol–water partition coefficient (Wildman–Crippen LogP) is 2.29. The molecule has 154 valence electrons. The minimum atomic E-state index is -1.10. The summed E-state index contributed by atoms with van der Waals surface area (Å²) >= 11 is 1.14. The number of rotatable bonds is 8. The quantitative estimate of drug-likeness (QED) is 0.568. The zero-order valence-electron chi connectivity index (χ0n) is 16.4. The Morgan fingerprint density at radius 2 is 1.79 bits per heavy atom. The molecule has 1 aromatic heterocycles. The third-order valence-corrected chi connectivity index (χ3v) is 4.90. The first-order chi connectivity index (χ1) is 13.7.